The zero-order chi connectivity index (χ0) is 14.1. The maximum atomic E-state index is 12.3. The SMILES string of the molecule is Cc1cccc(C(=O)N[C@@H]2CCCc3c2cnn3C)n1. The summed E-state index contributed by atoms with van der Waals surface area (Å²) < 4.78 is 1.90. The van der Waals surface area contributed by atoms with Crippen molar-refractivity contribution < 1.29 is 4.79 Å². The fourth-order valence-corrected chi connectivity index (χ4v) is 2.76. The van der Waals surface area contributed by atoms with Crippen LogP contribution in [0.4, 0.5) is 0 Å². The molecular weight excluding hydrogens is 252 g/mol. The summed E-state index contributed by atoms with van der Waals surface area (Å²) in [6, 6.07) is 5.53. The molecule has 0 aliphatic heterocycles. The molecule has 2 heterocycles. The van der Waals surface area contributed by atoms with Crippen LogP contribution >= 0.6 is 0 Å². The quantitative estimate of drug-likeness (QED) is 0.907. The standard InChI is InChI=1S/C15H18N4O/c1-10-5-3-7-13(17-10)15(20)18-12-6-4-8-14-11(12)9-16-19(14)2/h3,5,7,9,12H,4,6,8H2,1-2H3,(H,18,20)/t12-/m1/s1. The van der Waals surface area contributed by atoms with Gasteiger partial charge in [-0.3, -0.25) is 9.48 Å². The van der Waals surface area contributed by atoms with E-state index in [1.165, 1.54) is 5.69 Å². The summed E-state index contributed by atoms with van der Waals surface area (Å²) in [6.07, 6.45) is 4.92. The third-order valence-electron chi connectivity index (χ3n) is 3.80. The molecule has 5 heteroatoms. The minimum atomic E-state index is -0.115. The molecule has 5 nitrogen and oxygen atoms in total. The summed E-state index contributed by atoms with van der Waals surface area (Å²) in [7, 11) is 1.95. The number of carbonyl (C=O) groups is 1. The van der Waals surface area contributed by atoms with Crippen LogP contribution in [0, 0.1) is 6.92 Å². The fourth-order valence-electron chi connectivity index (χ4n) is 2.76. The van der Waals surface area contributed by atoms with E-state index in [0.29, 0.717) is 5.69 Å². The van der Waals surface area contributed by atoms with Gasteiger partial charge in [-0.1, -0.05) is 6.07 Å². The van der Waals surface area contributed by atoms with E-state index in [1.54, 1.807) is 6.07 Å². The Balaban J connectivity index is 1.80. The molecule has 1 N–H and O–H groups in total. The molecule has 0 fully saturated rings. The average Bonchev–Trinajstić information content (AvgIpc) is 2.82. The number of aromatic nitrogens is 3. The molecule has 104 valence electrons. The topological polar surface area (TPSA) is 59.8 Å². The zero-order valence-corrected chi connectivity index (χ0v) is 11.8. The molecule has 0 saturated carbocycles. The summed E-state index contributed by atoms with van der Waals surface area (Å²) >= 11 is 0. The van der Waals surface area contributed by atoms with Gasteiger partial charge in [-0.15, -0.1) is 0 Å². The Bertz CT molecular complexity index is 647. The van der Waals surface area contributed by atoms with E-state index in [9.17, 15) is 4.79 Å². The average molecular weight is 270 g/mol. The molecule has 1 aliphatic rings. The number of aryl methyl sites for hydroxylation is 2. The molecule has 2 aromatic rings. The Morgan fingerprint density at radius 1 is 1.45 bits per heavy atom. The van der Waals surface area contributed by atoms with E-state index < -0.39 is 0 Å². The third kappa shape index (κ3) is 2.31. The summed E-state index contributed by atoms with van der Waals surface area (Å²) in [6.45, 7) is 1.89. The molecule has 0 saturated heterocycles. The lowest BCUT2D eigenvalue weighted by atomic mass is 9.93. The van der Waals surface area contributed by atoms with Crippen molar-refractivity contribution in [2.45, 2.75) is 32.2 Å². The van der Waals surface area contributed by atoms with Crippen LogP contribution in [0.25, 0.3) is 0 Å². The Labute approximate surface area is 118 Å². The highest BCUT2D eigenvalue weighted by molar-refractivity contribution is 5.92. The van der Waals surface area contributed by atoms with Crippen molar-refractivity contribution in [3.8, 4) is 0 Å². The highest BCUT2D eigenvalue weighted by atomic mass is 16.1. The number of nitrogens with zero attached hydrogens (tertiary/aromatic N) is 3. The number of carbonyl (C=O) groups excluding carboxylic acids is 1. The lowest BCUT2D eigenvalue weighted by Crippen LogP contribution is -2.31. The van der Waals surface area contributed by atoms with Crippen LogP contribution in [-0.2, 0) is 13.5 Å². The fraction of sp³-hybridized carbons (Fsp3) is 0.400. The van der Waals surface area contributed by atoms with Gasteiger partial charge < -0.3 is 5.32 Å². The van der Waals surface area contributed by atoms with Crippen LogP contribution in [0.2, 0.25) is 0 Å². The second-order valence-corrected chi connectivity index (χ2v) is 5.25. The highest BCUT2D eigenvalue weighted by Crippen LogP contribution is 2.29. The number of pyridine rings is 1. The van der Waals surface area contributed by atoms with Crippen LogP contribution in [0.3, 0.4) is 0 Å². The maximum absolute atomic E-state index is 12.3. The zero-order valence-electron chi connectivity index (χ0n) is 11.8. The minimum Gasteiger partial charge on any atom is -0.344 e. The predicted molar refractivity (Wildman–Crippen MR) is 75.3 cm³/mol. The van der Waals surface area contributed by atoms with Gasteiger partial charge in [0.25, 0.3) is 5.91 Å². The summed E-state index contributed by atoms with van der Waals surface area (Å²) in [5.41, 5.74) is 3.68. The van der Waals surface area contributed by atoms with Crippen molar-refractivity contribution in [1.82, 2.24) is 20.1 Å². The lowest BCUT2D eigenvalue weighted by Gasteiger charge is -2.23. The van der Waals surface area contributed by atoms with E-state index in [0.717, 1.165) is 30.5 Å². The van der Waals surface area contributed by atoms with Crippen molar-refractivity contribution in [3.05, 3.63) is 47.0 Å². The van der Waals surface area contributed by atoms with Gasteiger partial charge >= 0.3 is 0 Å². The second-order valence-electron chi connectivity index (χ2n) is 5.25. The first-order valence-electron chi connectivity index (χ1n) is 6.90. The molecule has 1 amide bonds. The Hall–Kier alpha value is -2.17. The van der Waals surface area contributed by atoms with Crippen molar-refractivity contribution >= 4 is 5.91 Å². The van der Waals surface area contributed by atoms with Crippen LogP contribution in [-0.4, -0.2) is 20.7 Å². The van der Waals surface area contributed by atoms with Gasteiger partial charge in [-0.05, 0) is 38.3 Å². The monoisotopic (exact) mass is 270 g/mol. The maximum Gasteiger partial charge on any atom is 0.270 e. The number of nitrogens with one attached hydrogen (secondary N) is 1. The van der Waals surface area contributed by atoms with Crippen LogP contribution in [0.5, 0.6) is 0 Å². The van der Waals surface area contributed by atoms with Crippen molar-refractivity contribution in [2.24, 2.45) is 7.05 Å². The summed E-state index contributed by atoms with van der Waals surface area (Å²) in [5, 5.41) is 7.37. The van der Waals surface area contributed by atoms with Gasteiger partial charge in [0.15, 0.2) is 0 Å². The number of fused-ring (bicyclic) bond motifs is 1. The van der Waals surface area contributed by atoms with E-state index in [1.807, 2.05) is 37.0 Å². The van der Waals surface area contributed by atoms with Gasteiger partial charge in [0.2, 0.25) is 0 Å². The summed E-state index contributed by atoms with van der Waals surface area (Å²) in [4.78, 5) is 16.5. The third-order valence-corrected chi connectivity index (χ3v) is 3.80. The van der Waals surface area contributed by atoms with Crippen molar-refractivity contribution in [3.63, 3.8) is 0 Å². The molecule has 0 bridgehead atoms. The first-order chi connectivity index (χ1) is 9.65. The number of rotatable bonds is 2. The smallest absolute Gasteiger partial charge is 0.270 e. The molecule has 20 heavy (non-hydrogen) atoms. The van der Waals surface area contributed by atoms with E-state index in [2.05, 4.69) is 15.4 Å². The molecule has 1 atom stereocenters. The lowest BCUT2D eigenvalue weighted by molar-refractivity contribution is 0.0927. The molecular formula is C15H18N4O. The minimum absolute atomic E-state index is 0.0438. The predicted octanol–water partition coefficient (Wildman–Crippen LogP) is 1.93. The highest BCUT2D eigenvalue weighted by Gasteiger charge is 2.25. The van der Waals surface area contributed by atoms with Crippen molar-refractivity contribution in [1.29, 1.82) is 0 Å². The molecule has 0 spiro atoms. The van der Waals surface area contributed by atoms with Crippen LogP contribution < -0.4 is 5.32 Å². The number of hydrogen-bond acceptors (Lipinski definition) is 3. The van der Waals surface area contributed by atoms with Gasteiger partial charge in [0.05, 0.1) is 12.2 Å². The van der Waals surface area contributed by atoms with Gasteiger partial charge in [0, 0.05) is 24.0 Å². The molecule has 1 aliphatic carbocycles. The Morgan fingerprint density at radius 2 is 2.30 bits per heavy atom. The normalized spacial score (nSPS) is 17.6. The Kier molecular flexibility index (Phi) is 3.26. The molecule has 3 rings (SSSR count). The summed E-state index contributed by atoms with van der Waals surface area (Å²) in [5.74, 6) is -0.115. The molecule has 0 radical (unpaired) electrons. The van der Waals surface area contributed by atoms with Crippen LogP contribution in [0.15, 0.2) is 24.4 Å². The Morgan fingerprint density at radius 3 is 3.10 bits per heavy atom. The van der Waals surface area contributed by atoms with E-state index in [-0.39, 0.29) is 11.9 Å². The molecule has 0 unspecified atom stereocenters. The van der Waals surface area contributed by atoms with Crippen molar-refractivity contribution in [2.75, 3.05) is 0 Å². The van der Waals surface area contributed by atoms with Crippen LogP contribution in [0.1, 0.15) is 46.3 Å². The first kappa shape index (κ1) is 12.8. The van der Waals surface area contributed by atoms with Gasteiger partial charge in [0.1, 0.15) is 5.69 Å². The number of hydrogen-bond donors (Lipinski definition) is 1. The van der Waals surface area contributed by atoms with Gasteiger partial charge in [-0.25, -0.2) is 4.98 Å². The van der Waals surface area contributed by atoms with E-state index in [4.69, 9.17) is 0 Å². The van der Waals surface area contributed by atoms with E-state index >= 15 is 0 Å². The molecule has 2 aromatic heterocycles. The number of amides is 1. The van der Waals surface area contributed by atoms with Gasteiger partial charge in [-0.2, -0.15) is 5.10 Å². The largest absolute Gasteiger partial charge is 0.344 e. The molecule has 0 aromatic carbocycles. The second kappa shape index (κ2) is 5.07. The first-order valence-corrected chi connectivity index (χ1v) is 6.90.